The van der Waals surface area contributed by atoms with Gasteiger partial charge < -0.3 is 20.3 Å². The van der Waals surface area contributed by atoms with E-state index in [9.17, 15) is 14.4 Å². The summed E-state index contributed by atoms with van der Waals surface area (Å²) in [6.45, 7) is 7.99. The molecule has 7 nitrogen and oxygen atoms in total. The number of benzene rings is 2. The first-order valence-electron chi connectivity index (χ1n) is 11.0. The summed E-state index contributed by atoms with van der Waals surface area (Å²) in [6.07, 6.45) is 0.858. The molecule has 2 aromatic rings. The minimum Gasteiger partial charge on any atom is -0.382 e. The molecule has 0 saturated carbocycles. The Labute approximate surface area is 189 Å². The first kappa shape index (κ1) is 23.5. The molecule has 3 amide bonds. The highest BCUT2D eigenvalue weighted by molar-refractivity contribution is 6.07. The van der Waals surface area contributed by atoms with E-state index in [2.05, 4.69) is 10.6 Å². The number of anilines is 2. The molecule has 0 radical (unpaired) electrons. The van der Waals surface area contributed by atoms with Crippen molar-refractivity contribution >= 4 is 29.1 Å². The molecule has 2 aromatic carbocycles. The highest BCUT2D eigenvalue weighted by atomic mass is 16.5. The molecule has 0 aliphatic carbocycles. The molecule has 0 unspecified atom stereocenters. The van der Waals surface area contributed by atoms with Crippen LogP contribution in [0.3, 0.4) is 0 Å². The van der Waals surface area contributed by atoms with Gasteiger partial charge in [0.1, 0.15) is 0 Å². The number of carbonyl (C=O) groups is 3. The number of aryl methyl sites for hydroxylation is 2. The van der Waals surface area contributed by atoms with Gasteiger partial charge in [-0.2, -0.15) is 0 Å². The van der Waals surface area contributed by atoms with Gasteiger partial charge in [-0.05, 0) is 62.6 Å². The van der Waals surface area contributed by atoms with Crippen molar-refractivity contribution in [2.75, 3.05) is 36.5 Å². The molecule has 0 aromatic heterocycles. The molecule has 1 saturated heterocycles. The topological polar surface area (TPSA) is 87.7 Å². The van der Waals surface area contributed by atoms with E-state index in [1.165, 1.54) is 0 Å². The maximum absolute atomic E-state index is 12.9. The zero-order valence-electron chi connectivity index (χ0n) is 18.9. The summed E-state index contributed by atoms with van der Waals surface area (Å²) in [6, 6.07) is 12.8. The van der Waals surface area contributed by atoms with Crippen LogP contribution in [-0.4, -0.2) is 44.0 Å². The molecule has 1 atom stereocenters. The summed E-state index contributed by atoms with van der Waals surface area (Å²) in [7, 11) is 0. The number of hydrogen-bond acceptors (Lipinski definition) is 4. The van der Waals surface area contributed by atoms with Crippen molar-refractivity contribution in [1.82, 2.24) is 5.32 Å². The Morgan fingerprint density at radius 1 is 1.12 bits per heavy atom. The van der Waals surface area contributed by atoms with E-state index < -0.39 is 5.92 Å². The van der Waals surface area contributed by atoms with E-state index in [0.717, 1.165) is 16.8 Å². The highest BCUT2D eigenvalue weighted by Crippen LogP contribution is 2.28. The lowest BCUT2D eigenvalue weighted by atomic mass is 10.1. The number of hydrogen-bond donors (Lipinski definition) is 2. The third-order valence-corrected chi connectivity index (χ3v) is 5.68. The Balaban J connectivity index is 1.63. The van der Waals surface area contributed by atoms with Crippen LogP contribution in [0, 0.1) is 19.8 Å². The average Bonchev–Trinajstić information content (AvgIpc) is 3.17. The molecule has 7 heteroatoms. The van der Waals surface area contributed by atoms with Crippen LogP contribution >= 0.6 is 0 Å². The Bertz CT molecular complexity index is 989. The van der Waals surface area contributed by atoms with E-state index in [1.807, 2.05) is 39.0 Å². The van der Waals surface area contributed by atoms with Crippen LogP contribution in [0.15, 0.2) is 42.5 Å². The molecule has 0 spiro atoms. The lowest BCUT2D eigenvalue weighted by molar-refractivity contribution is -0.122. The number of para-hydroxylation sites is 1. The van der Waals surface area contributed by atoms with Gasteiger partial charge >= 0.3 is 0 Å². The summed E-state index contributed by atoms with van der Waals surface area (Å²) < 4.78 is 5.28. The second kappa shape index (κ2) is 10.9. The first-order chi connectivity index (χ1) is 15.4. The molecule has 3 rings (SSSR count). The maximum Gasteiger partial charge on any atom is 0.253 e. The summed E-state index contributed by atoms with van der Waals surface area (Å²) >= 11 is 0. The summed E-state index contributed by atoms with van der Waals surface area (Å²) in [5.41, 5.74) is 3.90. The van der Waals surface area contributed by atoms with Crippen molar-refractivity contribution in [3.8, 4) is 0 Å². The number of rotatable bonds is 9. The summed E-state index contributed by atoms with van der Waals surface area (Å²) in [5, 5.41) is 5.71. The monoisotopic (exact) mass is 437 g/mol. The Morgan fingerprint density at radius 3 is 2.66 bits per heavy atom. The van der Waals surface area contributed by atoms with E-state index in [0.29, 0.717) is 44.0 Å². The Morgan fingerprint density at radius 2 is 1.91 bits per heavy atom. The number of carbonyl (C=O) groups excluding carboxylic acids is 3. The average molecular weight is 438 g/mol. The lowest BCUT2D eigenvalue weighted by Crippen LogP contribution is -2.30. The highest BCUT2D eigenvalue weighted by Gasteiger charge is 2.35. The normalized spacial score (nSPS) is 15.7. The molecule has 2 N–H and O–H groups in total. The van der Waals surface area contributed by atoms with E-state index >= 15 is 0 Å². The Kier molecular flexibility index (Phi) is 8.00. The van der Waals surface area contributed by atoms with Crippen LogP contribution in [0.5, 0.6) is 0 Å². The van der Waals surface area contributed by atoms with Crippen LogP contribution in [0.4, 0.5) is 11.4 Å². The van der Waals surface area contributed by atoms with Gasteiger partial charge in [-0.25, -0.2) is 0 Å². The van der Waals surface area contributed by atoms with Crippen molar-refractivity contribution in [3.05, 3.63) is 59.2 Å². The van der Waals surface area contributed by atoms with Gasteiger partial charge in [0.25, 0.3) is 5.91 Å². The number of nitrogens with one attached hydrogen (secondary N) is 2. The zero-order valence-corrected chi connectivity index (χ0v) is 18.9. The van der Waals surface area contributed by atoms with Crippen LogP contribution in [-0.2, 0) is 14.3 Å². The standard InChI is InChI=1S/C25H31N3O4/c1-4-32-13-7-12-26-25(31)21-8-5-6-9-22(21)27-24(30)19-15-23(29)28(16-19)20-11-10-17(2)18(3)14-20/h5-6,8-11,14,19H,4,7,12-13,15-16H2,1-3H3,(H,26,31)(H,27,30)/t19-/m1/s1. The van der Waals surface area contributed by atoms with Crippen LogP contribution < -0.4 is 15.5 Å². The Hall–Kier alpha value is -3.19. The molecule has 1 aliphatic heterocycles. The number of amides is 3. The van der Waals surface area contributed by atoms with Crippen molar-refractivity contribution < 1.29 is 19.1 Å². The number of nitrogens with zero attached hydrogens (tertiary/aromatic N) is 1. The first-order valence-corrected chi connectivity index (χ1v) is 11.0. The third kappa shape index (κ3) is 5.73. The third-order valence-electron chi connectivity index (χ3n) is 5.68. The predicted octanol–water partition coefficient (Wildman–Crippen LogP) is 3.45. The van der Waals surface area contributed by atoms with Gasteiger partial charge in [-0.15, -0.1) is 0 Å². The second-order valence-electron chi connectivity index (χ2n) is 8.02. The molecular weight excluding hydrogens is 406 g/mol. The fourth-order valence-electron chi connectivity index (χ4n) is 3.67. The van der Waals surface area contributed by atoms with Crippen molar-refractivity contribution in [2.24, 2.45) is 5.92 Å². The van der Waals surface area contributed by atoms with Crippen molar-refractivity contribution in [2.45, 2.75) is 33.6 Å². The quantitative estimate of drug-likeness (QED) is 0.588. The fourth-order valence-corrected chi connectivity index (χ4v) is 3.67. The maximum atomic E-state index is 12.9. The van der Waals surface area contributed by atoms with Gasteiger partial charge in [0.2, 0.25) is 11.8 Å². The predicted molar refractivity (Wildman–Crippen MR) is 125 cm³/mol. The van der Waals surface area contributed by atoms with E-state index in [1.54, 1.807) is 29.2 Å². The van der Waals surface area contributed by atoms with Crippen molar-refractivity contribution in [1.29, 1.82) is 0 Å². The molecule has 0 bridgehead atoms. The smallest absolute Gasteiger partial charge is 0.253 e. The zero-order chi connectivity index (χ0) is 23.1. The molecular formula is C25H31N3O4. The summed E-state index contributed by atoms with van der Waals surface area (Å²) in [4.78, 5) is 39.7. The van der Waals surface area contributed by atoms with Crippen LogP contribution in [0.25, 0.3) is 0 Å². The molecule has 1 heterocycles. The van der Waals surface area contributed by atoms with Gasteiger partial charge in [-0.1, -0.05) is 18.2 Å². The fraction of sp³-hybridized carbons (Fsp3) is 0.400. The second-order valence-corrected chi connectivity index (χ2v) is 8.02. The van der Waals surface area contributed by atoms with Gasteiger partial charge in [0.15, 0.2) is 0 Å². The van der Waals surface area contributed by atoms with Crippen molar-refractivity contribution in [3.63, 3.8) is 0 Å². The molecule has 170 valence electrons. The van der Waals surface area contributed by atoms with Gasteiger partial charge in [0.05, 0.1) is 17.2 Å². The van der Waals surface area contributed by atoms with E-state index in [-0.39, 0.29) is 24.1 Å². The largest absolute Gasteiger partial charge is 0.382 e. The lowest BCUT2D eigenvalue weighted by Gasteiger charge is -2.18. The van der Waals surface area contributed by atoms with Crippen LogP contribution in [0.1, 0.15) is 41.3 Å². The van der Waals surface area contributed by atoms with Gasteiger partial charge in [-0.3, -0.25) is 14.4 Å². The molecule has 32 heavy (non-hydrogen) atoms. The van der Waals surface area contributed by atoms with E-state index in [4.69, 9.17) is 4.74 Å². The summed E-state index contributed by atoms with van der Waals surface area (Å²) in [5.74, 6) is -1.07. The minimum atomic E-state index is -0.480. The van der Waals surface area contributed by atoms with Gasteiger partial charge in [0, 0.05) is 38.4 Å². The van der Waals surface area contributed by atoms with Crippen LogP contribution in [0.2, 0.25) is 0 Å². The molecule has 1 aliphatic rings. The number of ether oxygens (including phenoxy) is 1. The minimum absolute atomic E-state index is 0.0753. The molecule has 1 fully saturated rings. The SMILES string of the molecule is CCOCCCNC(=O)c1ccccc1NC(=O)[C@@H]1CC(=O)N(c2ccc(C)c(C)c2)C1.